The lowest BCUT2D eigenvalue weighted by molar-refractivity contribution is 0.446. The summed E-state index contributed by atoms with van der Waals surface area (Å²) in [4.78, 5) is 15.6. The highest BCUT2D eigenvalue weighted by atomic mass is 32.1. The lowest BCUT2D eigenvalue weighted by Crippen LogP contribution is -2.17. The molecule has 0 unspecified atom stereocenters. The summed E-state index contributed by atoms with van der Waals surface area (Å²) in [7, 11) is 0. The first-order valence-electron chi connectivity index (χ1n) is 21.1. The van der Waals surface area contributed by atoms with Gasteiger partial charge >= 0.3 is 0 Å². The summed E-state index contributed by atoms with van der Waals surface area (Å²) in [5.41, 5.74) is 14.3. The quantitative estimate of drug-likeness (QED) is 0.182. The van der Waals surface area contributed by atoms with E-state index in [2.05, 4.69) is 182 Å². The molecule has 3 aromatic heterocycles. The van der Waals surface area contributed by atoms with E-state index >= 15 is 0 Å². The molecule has 0 spiro atoms. The average molecular weight is 817 g/mol. The molecule has 304 valence electrons. The summed E-state index contributed by atoms with van der Waals surface area (Å²) in [5.74, 6) is 0.950. The molecule has 0 bridgehead atoms. The zero-order valence-corrected chi connectivity index (χ0v) is 37.3. The van der Waals surface area contributed by atoms with Crippen LogP contribution in [-0.2, 0) is 16.2 Å². The topological polar surface area (TPSA) is 63.8 Å². The van der Waals surface area contributed by atoms with Gasteiger partial charge in [-0.15, -0.1) is 11.3 Å². The first-order chi connectivity index (χ1) is 29.0. The zero-order valence-electron chi connectivity index (χ0n) is 36.5. The second-order valence-corrected chi connectivity index (χ2v) is 20.2. The number of fused-ring (bicyclic) bond motifs is 2. The minimum absolute atomic E-state index is 0.143. The first-order valence-corrected chi connectivity index (χ1v) is 21.9. The van der Waals surface area contributed by atoms with Crippen LogP contribution in [0.2, 0.25) is 0 Å². The molecule has 0 aliphatic heterocycles. The summed E-state index contributed by atoms with van der Waals surface area (Å²) >= 11 is 1.69. The van der Waals surface area contributed by atoms with Gasteiger partial charge in [-0.2, -0.15) is 0 Å². The largest absolute Gasteiger partial charge is 0.507 e. The van der Waals surface area contributed by atoms with E-state index in [0.29, 0.717) is 11.4 Å². The van der Waals surface area contributed by atoms with Gasteiger partial charge in [-0.25, -0.2) is 9.97 Å². The normalized spacial score (nSPS) is 12.4. The molecule has 0 amide bonds. The second-order valence-electron chi connectivity index (χ2n) is 19.2. The smallest absolute Gasteiger partial charge is 0.149 e. The van der Waals surface area contributed by atoms with E-state index < -0.39 is 0 Å². The molecule has 0 aliphatic rings. The standard InChI is InChI=1S/C55H52N4OS/c1-53(2,3)38-28-36(27-37(29-38)44-32-48-45(33-56-44)57-52(61-48)35-21-14-11-15-22-35)41-24-18-26-47-49(41)58-51(42-30-39(54(4,5)6)31-43(50(42)60)55(7,8)9)59(47)46-25-17-16-23-40(46)34-19-12-10-13-20-34/h10-33,60H,1-9H3. The molecule has 5 nitrogen and oxygen atoms in total. The summed E-state index contributed by atoms with van der Waals surface area (Å²) in [6.07, 6.45) is 1.90. The molecular formula is C55H52N4OS. The van der Waals surface area contributed by atoms with Crippen molar-refractivity contribution in [2.24, 2.45) is 0 Å². The van der Waals surface area contributed by atoms with Crippen LogP contribution < -0.4 is 0 Å². The van der Waals surface area contributed by atoms with Gasteiger partial charge in [0.05, 0.1) is 38.9 Å². The van der Waals surface area contributed by atoms with Gasteiger partial charge in [0.15, 0.2) is 0 Å². The molecule has 0 radical (unpaired) electrons. The lowest BCUT2D eigenvalue weighted by atomic mass is 9.79. The number of para-hydroxylation sites is 2. The molecule has 0 aliphatic carbocycles. The van der Waals surface area contributed by atoms with Crippen LogP contribution in [0.25, 0.3) is 82.4 Å². The van der Waals surface area contributed by atoms with Gasteiger partial charge in [0, 0.05) is 27.8 Å². The molecular weight excluding hydrogens is 765 g/mol. The third-order valence-corrected chi connectivity index (χ3v) is 12.7. The van der Waals surface area contributed by atoms with Crippen LogP contribution in [0, 0.1) is 0 Å². The van der Waals surface area contributed by atoms with E-state index in [1.165, 1.54) is 5.56 Å². The number of thiazole rings is 1. The number of phenols is 1. The Morgan fingerprint density at radius 3 is 1.84 bits per heavy atom. The minimum Gasteiger partial charge on any atom is -0.507 e. The maximum absolute atomic E-state index is 12.4. The van der Waals surface area contributed by atoms with Crippen molar-refractivity contribution in [3.63, 3.8) is 0 Å². The molecule has 1 N–H and O–H groups in total. The van der Waals surface area contributed by atoms with E-state index in [1.807, 2.05) is 30.5 Å². The summed E-state index contributed by atoms with van der Waals surface area (Å²) in [5, 5.41) is 13.4. The second kappa shape index (κ2) is 15.0. The predicted molar refractivity (Wildman–Crippen MR) is 257 cm³/mol. The number of aromatic hydroxyl groups is 1. The third-order valence-electron chi connectivity index (χ3n) is 11.6. The van der Waals surface area contributed by atoms with Gasteiger partial charge in [0.2, 0.25) is 0 Å². The van der Waals surface area contributed by atoms with Crippen LogP contribution in [0.5, 0.6) is 5.75 Å². The molecule has 0 saturated heterocycles. The predicted octanol–water partition coefficient (Wildman–Crippen LogP) is 15.0. The number of nitrogens with zero attached hydrogens (tertiary/aromatic N) is 4. The van der Waals surface area contributed by atoms with Gasteiger partial charge in [-0.1, -0.05) is 165 Å². The maximum Gasteiger partial charge on any atom is 0.149 e. The molecule has 0 fully saturated rings. The number of imidazole rings is 1. The molecule has 0 saturated carbocycles. The van der Waals surface area contributed by atoms with Crippen molar-refractivity contribution in [2.75, 3.05) is 0 Å². The van der Waals surface area contributed by atoms with E-state index in [-0.39, 0.29) is 22.0 Å². The maximum atomic E-state index is 12.4. The van der Waals surface area contributed by atoms with Crippen LogP contribution in [0.1, 0.15) is 79.0 Å². The van der Waals surface area contributed by atoms with Crippen LogP contribution in [0.15, 0.2) is 146 Å². The highest BCUT2D eigenvalue weighted by Gasteiger charge is 2.29. The van der Waals surface area contributed by atoms with Crippen molar-refractivity contribution in [3.05, 3.63) is 162 Å². The van der Waals surface area contributed by atoms with E-state index in [0.717, 1.165) is 82.1 Å². The monoisotopic (exact) mass is 816 g/mol. The van der Waals surface area contributed by atoms with Crippen LogP contribution in [-0.4, -0.2) is 24.6 Å². The molecule has 0 atom stereocenters. The van der Waals surface area contributed by atoms with Crippen molar-refractivity contribution >= 4 is 32.6 Å². The van der Waals surface area contributed by atoms with Crippen LogP contribution in [0.4, 0.5) is 0 Å². The SMILES string of the molecule is CC(C)(C)c1cc(-c2cc3sc(-c4ccccc4)nc3cn2)cc(-c2cccc3c2nc(-c2cc(C(C)(C)C)cc(C(C)(C)C)c2O)n3-c2ccccc2-c2ccccc2)c1. The first kappa shape index (κ1) is 40.1. The number of benzene rings is 6. The summed E-state index contributed by atoms with van der Waals surface area (Å²) in [6, 6.07) is 49.2. The molecule has 61 heavy (non-hydrogen) atoms. The molecule has 6 heteroatoms. The number of hydrogen-bond donors (Lipinski definition) is 1. The fourth-order valence-electron chi connectivity index (χ4n) is 8.15. The molecule has 9 aromatic rings. The van der Waals surface area contributed by atoms with Crippen LogP contribution >= 0.6 is 11.3 Å². The van der Waals surface area contributed by atoms with Crippen molar-refractivity contribution < 1.29 is 5.11 Å². The number of aromatic nitrogens is 4. The van der Waals surface area contributed by atoms with Gasteiger partial charge in [0.25, 0.3) is 0 Å². The van der Waals surface area contributed by atoms with E-state index in [9.17, 15) is 5.11 Å². The van der Waals surface area contributed by atoms with Gasteiger partial charge < -0.3 is 5.11 Å². The number of phenolic OH excluding ortho intramolecular Hbond substituents is 1. The van der Waals surface area contributed by atoms with E-state index in [1.54, 1.807) is 11.3 Å². The Bertz CT molecular complexity index is 3080. The Labute approximate surface area is 363 Å². The Balaban J connectivity index is 1.31. The van der Waals surface area contributed by atoms with Crippen molar-refractivity contribution in [3.8, 4) is 66.9 Å². The fraction of sp³-hybridized carbons (Fsp3) is 0.218. The minimum atomic E-state index is -0.312. The average Bonchev–Trinajstić information content (AvgIpc) is 3.85. The Morgan fingerprint density at radius 1 is 0.525 bits per heavy atom. The van der Waals surface area contributed by atoms with Gasteiger partial charge in [0.1, 0.15) is 22.1 Å². The van der Waals surface area contributed by atoms with Crippen molar-refractivity contribution in [1.29, 1.82) is 0 Å². The van der Waals surface area contributed by atoms with Crippen molar-refractivity contribution in [1.82, 2.24) is 19.5 Å². The third kappa shape index (κ3) is 7.55. The van der Waals surface area contributed by atoms with E-state index in [4.69, 9.17) is 15.0 Å². The van der Waals surface area contributed by atoms with Gasteiger partial charge in [-0.05, 0) is 74.9 Å². The summed E-state index contributed by atoms with van der Waals surface area (Å²) in [6.45, 7) is 19.9. The Kier molecular flexibility index (Phi) is 9.83. The number of pyridine rings is 1. The van der Waals surface area contributed by atoms with Crippen molar-refractivity contribution in [2.45, 2.75) is 78.6 Å². The summed E-state index contributed by atoms with van der Waals surface area (Å²) < 4.78 is 3.36. The number of rotatable bonds is 6. The van der Waals surface area contributed by atoms with Crippen LogP contribution in [0.3, 0.4) is 0 Å². The lowest BCUT2D eigenvalue weighted by Gasteiger charge is -2.27. The molecule has 6 aromatic carbocycles. The zero-order chi connectivity index (χ0) is 42.8. The highest BCUT2D eigenvalue weighted by Crippen LogP contribution is 2.46. The fourth-order valence-corrected chi connectivity index (χ4v) is 9.13. The molecule has 9 rings (SSSR count). The Morgan fingerprint density at radius 2 is 1.15 bits per heavy atom. The highest BCUT2D eigenvalue weighted by molar-refractivity contribution is 7.21. The number of hydrogen-bond acceptors (Lipinski definition) is 5. The van der Waals surface area contributed by atoms with Gasteiger partial charge in [-0.3, -0.25) is 9.55 Å². The Hall–Kier alpha value is -6.37. The molecule has 3 heterocycles.